The Labute approximate surface area is 230 Å². The minimum Gasteiger partial charge on any atom is -0.462 e. The molecule has 1 amide bonds. The van der Waals surface area contributed by atoms with Crippen molar-refractivity contribution in [3.8, 4) is 0 Å². The van der Waals surface area contributed by atoms with E-state index in [1.165, 1.54) is 23.5 Å². The Bertz CT molecular complexity index is 1460. The lowest BCUT2D eigenvalue weighted by molar-refractivity contribution is -0.137. The van der Waals surface area contributed by atoms with Gasteiger partial charge in [0.15, 0.2) is 0 Å². The molecule has 5 rings (SSSR count). The Hall–Kier alpha value is -3.13. The van der Waals surface area contributed by atoms with Crippen LogP contribution in [0.3, 0.4) is 0 Å². The average Bonchev–Trinajstić information content (AvgIpc) is 3.35. The molecule has 0 bridgehead atoms. The summed E-state index contributed by atoms with van der Waals surface area (Å²) in [6.45, 7) is 6.07. The molecule has 3 aromatic rings. The van der Waals surface area contributed by atoms with Gasteiger partial charge in [0.1, 0.15) is 4.91 Å². The van der Waals surface area contributed by atoms with Gasteiger partial charge in [-0.2, -0.15) is 0 Å². The molecule has 0 aromatic heterocycles. The van der Waals surface area contributed by atoms with Gasteiger partial charge in [-0.15, -0.1) is 0 Å². The Balaban J connectivity index is 1.66. The molecule has 186 valence electrons. The van der Waals surface area contributed by atoms with Crippen LogP contribution in [-0.4, -0.2) is 28.9 Å². The number of amides is 1. The van der Waals surface area contributed by atoms with E-state index in [1.54, 1.807) is 11.8 Å². The Morgan fingerprint density at radius 3 is 2.19 bits per heavy atom. The zero-order valence-corrected chi connectivity index (χ0v) is 23.1. The summed E-state index contributed by atoms with van der Waals surface area (Å²) in [4.78, 5) is 30.6. The zero-order chi connectivity index (χ0) is 26.2. The van der Waals surface area contributed by atoms with Crippen molar-refractivity contribution in [2.75, 3.05) is 11.5 Å². The van der Waals surface area contributed by atoms with E-state index in [0.29, 0.717) is 21.9 Å². The molecule has 0 unspecified atom stereocenters. The topological polar surface area (TPSA) is 46.6 Å². The van der Waals surface area contributed by atoms with Crippen LogP contribution in [0.25, 0.3) is 10.5 Å². The van der Waals surface area contributed by atoms with E-state index in [4.69, 9.17) is 17.0 Å². The normalized spacial score (nSPS) is 18.6. The third-order valence-electron chi connectivity index (χ3n) is 6.28. The molecule has 3 aromatic carbocycles. The van der Waals surface area contributed by atoms with E-state index in [1.807, 2.05) is 98.8 Å². The van der Waals surface area contributed by atoms with Crippen LogP contribution in [0.15, 0.2) is 94.1 Å². The first-order valence-corrected chi connectivity index (χ1v) is 14.0. The first kappa shape index (κ1) is 25.5. The van der Waals surface area contributed by atoms with Crippen molar-refractivity contribution >= 4 is 68.6 Å². The molecular weight excluding hydrogens is 519 g/mol. The molecule has 0 aliphatic carbocycles. The van der Waals surface area contributed by atoms with E-state index in [2.05, 4.69) is 0 Å². The quantitative estimate of drug-likeness (QED) is 0.192. The van der Waals surface area contributed by atoms with Crippen molar-refractivity contribution in [1.29, 1.82) is 0 Å². The lowest BCUT2D eigenvalue weighted by Gasteiger charge is -2.45. The van der Waals surface area contributed by atoms with Crippen LogP contribution in [-0.2, 0) is 9.53 Å². The fourth-order valence-corrected chi connectivity index (χ4v) is 7.63. The molecule has 0 spiro atoms. The van der Waals surface area contributed by atoms with Gasteiger partial charge in [-0.05, 0) is 44.5 Å². The van der Waals surface area contributed by atoms with E-state index >= 15 is 0 Å². The fraction of sp³-hybridized carbons (Fsp3) is 0.167. The number of para-hydroxylation sites is 1. The summed E-state index contributed by atoms with van der Waals surface area (Å²) < 4.78 is 6.32. The van der Waals surface area contributed by atoms with Crippen LogP contribution in [0.2, 0.25) is 0 Å². The van der Waals surface area contributed by atoms with Gasteiger partial charge in [-0.25, -0.2) is 4.79 Å². The molecule has 7 heteroatoms. The third kappa shape index (κ3) is 4.56. The number of thiocarbonyl (C=S) groups is 1. The van der Waals surface area contributed by atoms with Gasteiger partial charge in [-0.3, -0.25) is 9.69 Å². The minimum atomic E-state index is -0.778. The number of carbonyl (C=O) groups is 2. The number of carbonyl (C=O) groups excluding carboxylic acids is 2. The molecule has 2 aliphatic rings. The van der Waals surface area contributed by atoms with Gasteiger partial charge in [0, 0.05) is 21.6 Å². The summed E-state index contributed by atoms with van der Waals surface area (Å²) >= 11 is 9.06. The summed E-state index contributed by atoms with van der Waals surface area (Å²) in [7, 11) is 0. The molecule has 0 fully saturated rings. The summed E-state index contributed by atoms with van der Waals surface area (Å²) in [5, 5.41) is 0. The Morgan fingerprint density at radius 1 is 0.892 bits per heavy atom. The molecule has 0 saturated carbocycles. The van der Waals surface area contributed by atoms with Crippen molar-refractivity contribution in [1.82, 2.24) is 0 Å². The first-order valence-electron chi connectivity index (χ1n) is 11.9. The second-order valence-electron chi connectivity index (χ2n) is 9.02. The molecule has 0 radical (unpaired) electrons. The summed E-state index contributed by atoms with van der Waals surface area (Å²) in [5.74, 6) is -0.448. The fourth-order valence-electron chi connectivity index (χ4n) is 4.50. The van der Waals surface area contributed by atoms with E-state index in [-0.39, 0.29) is 11.9 Å². The summed E-state index contributed by atoms with van der Waals surface area (Å²) in [6.07, 6.45) is 0. The van der Waals surface area contributed by atoms with Gasteiger partial charge in [0.25, 0.3) is 5.91 Å². The zero-order valence-electron chi connectivity index (χ0n) is 20.7. The molecule has 2 aliphatic heterocycles. The van der Waals surface area contributed by atoms with Crippen LogP contribution >= 0.6 is 35.7 Å². The number of esters is 1. The summed E-state index contributed by atoms with van der Waals surface area (Å²) in [5.41, 5.74) is 3.34. The smallest absolute Gasteiger partial charge is 0.346 e. The lowest BCUT2D eigenvalue weighted by Crippen LogP contribution is -2.55. The SMILES string of the molecule is CCOC(=O)C1=C(c2ccccc2)S/C(=C2/C(=S)C(C)(C)N(C(=O)c3ccccc3)c3ccccc32)S1. The second-order valence-corrected chi connectivity index (χ2v) is 11.7. The predicted octanol–water partition coefficient (Wildman–Crippen LogP) is 7.58. The number of hydrogen-bond acceptors (Lipinski definition) is 6. The van der Waals surface area contributed by atoms with E-state index in [9.17, 15) is 9.59 Å². The molecular formula is C30H25NO3S3. The highest BCUT2D eigenvalue weighted by Gasteiger charge is 2.45. The monoisotopic (exact) mass is 543 g/mol. The van der Waals surface area contributed by atoms with Crippen LogP contribution in [0, 0.1) is 0 Å². The molecule has 2 heterocycles. The number of benzene rings is 3. The largest absolute Gasteiger partial charge is 0.462 e. The van der Waals surface area contributed by atoms with Crippen LogP contribution in [0.1, 0.15) is 42.3 Å². The molecule has 0 atom stereocenters. The molecule has 4 nitrogen and oxygen atoms in total. The highest BCUT2D eigenvalue weighted by molar-refractivity contribution is 8.32. The highest BCUT2D eigenvalue weighted by atomic mass is 32.2. The van der Waals surface area contributed by atoms with E-state index < -0.39 is 5.54 Å². The Morgan fingerprint density at radius 2 is 1.51 bits per heavy atom. The number of anilines is 1. The van der Waals surface area contributed by atoms with Crippen LogP contribution in [0.4, 0.5) is 5.69 Å². The van der Waals surface area contributed by atoms with Crippen LogP contribution < -0.4 is 4.90 Å². The molecule has 0 saturated heterocycles. The van der Waals surface area contributed by atoms with Crippen molar-refractivity contribution < 1.29 is 14.3 Å². The predicted molar refractivity (Wildman–Crippen MR) is 158 cm³/mol. The second kappa shape index (κ2) is 10.3. The van der Waals surface area contributed by atoms with Gasteiger partial charge < -0.3 is 4.74 Å². The van der Waals surface area contributed by atoms with Crippen molar-refractivity contribution in [3.05, 3.63) is 111 Å². The lowest BCUT2D eigenvalue weighted by atomic mass is 9.83. The maximum absolute atomic E-state index is 13.8. The maximum Gasteiger partial charge on any atom is 0.346 e. The van der Waals surface area contributed by atoms with Crippen molar-refractivity contribution in [2.24, 2.45) is 0 Å². The highest BCUT2D eigenvalue weighted by Crippen LogP contribution is 2.58. The van der Waals surface area contributed by atoms with Gasteiger partial charge in [0.05, 0.1) is 26.9 Å². The van der Waals surface area contributed by atoms with E-state index in [0.717, 1.165) is 31.5 Å². The molecule has 0 N–H and O–H groups in total. The number of ether oxygens (including phenoxy) is 1. The Kier molecular flexibility index (Phi) is 7.12. The number of fused-ring (bicyclic) bond motifs is 1. The maximum atomic E-state index is 13.8. The number of nitrogens with zero attached hydrogens (tertiary/aromatic N) is 1. The minimum absolute atomic E-state index is 0.105. The van der Waals surface area contributed by atoms with Crippen LogP contribution in [0.5, 0.6) is 0 Å². The molecule has 37 heavy (non-hydrogen) atoms. The van der Waals surface area contributed by atoms with Gasteiger partial charge >= 0.3 is 5.97 Å². The van der Waals surface area contributed by atoms with Gasteiger partial charge in [-0.1, -0.05) is 102 Å². The summed E-state index contributed by atoms with van der Waals surface area (Å²) in [6, 6.07) is 27.0. The number of thioether (sulfide) groups is 2. The average molecular weight is 544 g/mol. The number of hydrogen-bond donors (Lipinski definition) is 0. The third-order valence-corrected chi connectivity index (χ3v) is 9.61. The standard InChI is InChI=1S/C30H25NO3S3/c1-4-34-28(33)25-24(19-13-7-5-8-14-19)36-29(37-25)23-21-17-11-12-18-22(21)31(30(2,3)26(23)35)27(32)20-15-9-6-10-16-20/h5-18H,4H2,1-3H3/b29-23-. The van der Waals surface area contributed by atoms with Crippen molar-refractivity contribution in [2.45, 2.75) is 26.3 Å². The van der Waals surface area contributed by atoms with Crippen molar-refractivity contribution in [3.63, 3.8) is 0 Å². The number of rotatable bonds is 4. The van der Waals surface area contributed by atoms with Gasteiger partial charge in [0.2, 0.25) is 0 Å². The first-order chi connectivity index (χ1) is 17.8.